The van der Waals surface area contributed by atoms with E-state index in [2.05, 4.69) is 48.1 Å². The summed E-state index contributed by atoms with van der Waals surface area (Å²) < 4.78 is 0. The van der Waals surface area contributed by atoms with Crippen molar-refractivity contribution in [2.45, 2.75) is 58.2 Å². The maximum Gasteiger partial charge on any atom is 0.128 e. The van der Waals surface area contributed by atoms with Crippen LogP contribution in [0.3, 0.4) is 0 Å². The van der Waals surface area contributed by atoms with Crippen molar-refractivity contribution in [3.8, 4) is 0 Å². The third-order valence-electron chi connectivity index (χ3n) is 3.80. The molecule has 0 atom stereocenters. The van der Waals surface area contributed by atoms with Crippen LogP contribution >= 0.6 is 0 Å². The maximum absolute atomic E-state index is 9.97. The number of aliphatic hydroxyl groups is 1. The minimum atomic E-state index is -0.507. The summed E-state index contributed by atoms with van der Waals surface area (Å²) in [6.45, 7) is 11.0. The second kappa shape index (κ2) is 5.70. The van der Waals surface area contributed by atoms with Crippen molar-refractivity contribution in [1.82, 2.24) is 10.3 Å². The average molecular weight is 277 g/mol. The molecular weight excluding hydrogens is 250 g/mol. The van der Waals surface area contributed by atoms with E-state index in [0.29, 0.717) is 0 Å². The fourth-order valence-electron chi connectivity index (χ4n) is 2.29. The number of hydrogen-bond acceptors (Lipinski definition) is 4. The highest BCUT2D eigenvalue weighted by atomic mass is 16.3. The van der Waals surface area contributed by atoms with Crippen LogP contribution in [0.4, 0.5) is 5.82 Å². The van der Waals surface area contributed by atoms with Crippen LogP contribution in [0.15, 0.2) is 18.3 Å². The molecule has 1 saturated heterocycles. The molecule has 0 aromatic carbocycles. The summed E-state index contributed by atoms with van der Waals surface area (Å²) in [6.07, 6.45) is 3.56. The van der Waals surface area contributed by atoms with E-state index in [-0.39, 0.29) is 5.54 Å². The van der Waals surface area contributed by atoms with Gasteiger partial charge in [0.1, 0.15) is 5.82 Å². The lowest BCUT2D eigenvalue weighted by molar-refractivity contribution is 0.0350. The monoisotopic (exact) mass is 277 g/mol. The third-order valence-corrected chi connectivity index (χ3v) is 3.80. The van der Waals surface area contributed by atoms with Gasteiger partial charge in [-0.2, -0.15) is 0 Å². The Balaban J connectivity index is 1.92. The third kappa shape index (κ3) is 4.46. The highest BCUT2D eigenvalue weighted by molar-refractivity contribution is 5.40. The molecule has 0 spiro atoms. The number of piperidine rings is 1. The molecule has 2 heterocycles. The van der Waals surface area contributed by atoms with Gasteiger partial charge >= 0.3 is 0 Å². The van der Waals surface area contributed by atoms with E-state index in [0.717, 1.165) is 38.3 Å². The van der Waals surface area contributed by atoms with Gasteiger partial charge in [-0.05, 0) is 52.2 Å². The molecule has 2 rings (SSSR count). The molecule has 0 radical (unpaired) electrons. The Morgan fingerprint density at radius 1 is 1.30 bits per heavy atom. The number of nitrogens with one attached hydrogen (secondary N) is 1. The van der Waals surface area contributed by atoms with Crippen molar-refractivity contribution < 1.29 is 5.11 Å². The van der Waals surface area contributed by atoms with Crippen LogP contribution in [0.25, 0.3) is 0 Å². The van der Waals surface area contributed by atoms with Crippen molar-refractivity contribution in [2.75, 3.05) is 18.0 Å². The smallest absolute Gasteiger partial charge is 0.128 e. The molecule has 4 nitrogen and oxygen atoms in total. The van der Waals surface area contributed by atoms with Gasteiger partial charge in [-0.15, -0.1) is 0 Å². The van der Waals surface area contributed by atoms with Crippen molar-refractivity contribution >= 4 is 5.82 Å². The van der Waals surface area contributed by atoms with Crippen LogP contribution in [0.5, 0.6) is 0 Å². The fraction of sp³-hybridized carbons (Fsp3) is 0.688. The molecule has 0 bridgehead atoms. The predicted octanol–water partition coefficient (Wildman–Crippen LogP) is 2.32. The van der Waals surface area contributed by atoms with Gasteiger partial charge in [0.15, 0.2) is 0 Å². The van der Waals surface area contributed by atoms with Crippen molar-refractivity contribution in [2.24, 2.45) is 0 Å². The molecule has 1 aromatic heterocycles. The van der Waals surface area contributed by atoms with Gasteiger partial charge in [0.2, 0.25) is 0 Å². The van der Waals surface area contributed by atoms with E-state index in [9.17, 15) is 5.11 Å². The van der Waals surface area contributed by atoms with Gasteiger partial charge in [-0.25, -0.2) is 4.98 Å². The first-order chi connectivity index (χ1) is 9.25. The molecule has 0 unspecified atom stereocenters. The fourth-order valence-corrected chi connectivity index (χ4v) is 2.29. The molecule has 1 fully saturated rings. The van der Waals surface area contributed by atoms with Gasteiger partial charge in [0.25, 0.3) is 0 Å². The first kappa shape index (κ1) is 15.3. The van der Waals surface area contributed by atoms with E-state index in [1.807, 2.05) is 13.1 Å². The highest BCUT2D eigenvalue weighted by Crippen LogP contribution is 2.24. The molecule has 20 heavy (non-hydrogen) atoms. The lowest BCUT2D eigenvalue weighted by atomic mass is 9.94. The van der Waals surface area contributed by atoms with Crippen LogP contribution in [-0.2, 0) is 6.54 Å². The SMILES string of the molecule is CC1(O)CCN(c2ccc(CNC(C)(C)C)cn2)CC1. The molecule has 4 heteroatoms. The molecular formula is C16H27N3O. The van der Waals surface area contributed by atoms with Crippen molar-refractivity contribution in [3.05, 3.63) is 23.9 Å². The first-order valence-corrected chi connectivity index (χ1v) is 7.43. The quantitative estimate of drug-likeness (QED) is 0.890. The standard InChI is InChI=1S/C16H27N3O/c1-15(2,3)18-12-13-5-6-14(17-11-13)19-9-7-16(4,20)8-10-19/h5-6,11,18,20H,7-10,12H2,1-4H3. The lowest BCUT2D eigenvalue weighted by Gasteiger charge is -2.36. The summed E-state index contributed by atoms with van der Waals surface area (Å²) in [7, 11) is 0. The predicted molar refractivity (Wildman–Crippen MR) is 82.9 cm³/mol. The van der Waals surface area contributed by atoms with Gasteiger partial charge < -0.3 is 15.3 Å². The molecule has 0 saturated carbocycles. The number of nitrogens with zero attached hydrogens (tertiary/aromatic N) is 2. The summed E-state index contributed by atoms with van der Waals surface area (Å²) in [5.41, 5.74) is 0.817. The first-order valence-electron chi connectivity index (χ1n) is 7.43. The Hall–Kier alpha value is -1.13. The van der Waals surface area contributed by atoms with Crippen molar-refractivity contribution in [3.63, 3.8) is 0 Å². The number of anilines is 1. The minimum absolute atomic E-state index is 0.122. The van der Waals surface area contributed by atoms with Crippen LogP contribution < -0.4 is 10.2 Å². The van der Waals surface area contributed by atoms with Gasteiger partial charge in [-0.1, -0.05) is 6.07 Å². The molecule has 0 amide bonds. The Morgan fingerprint density at radius 3 is 2.45 bits per heavy atom. The van der Waals surface area contributed by atoms with Crippen LogP contribution in [0.2, 0.25) is 0 Å². The second-order valence-electron chi connectivity index (χ2n) is 7.11. The molecule has 1 aromatic rings. The van der Waals surface area contributed by atoms with E-state index in [1.165, 1.54) is 5.56 Å². The number of rotatable bonds is 3. The molecule has 2 N–H and O–H groups in total. The normalized spacial score (nSPS) is 19.1. The topological polar surface area (TPSA) is 48.4 Å². The highest BCUT2D eigenvalue weighted by Gasteiger charge is 2.27. The summed E-state index contributed by atoms with van der Waals surface area (Å²) in [4.78, 5) is 6.80. The summed E-state index contributed by atoms with van der Waals surface area (Å²) in [5.74, 6) is 1.01. The zero-order chi connectivity index (χ0) is 14.8. The van der Waals surface area contributed by atoms with E-state index >= 15 is 0 Å². The van der Waals surface area contributed by atoms with Crippen LogP contribution in [-0.4, -0.2) is 34.3 Å². The summed E-state index contributed by atoms with van der Waals surface area (Å²) in [6, 6.07) is 4.22. The van der Waals surface area contributed by atoms with Gasteiger partial charge in [-0.3, -0.25) is 0 Å². The van der Waals surface area contributed by atoms with Crippen LogP contribution in [0, 0.1) is 0 Å². The van der Waals surface area contributed by atoms with Gasteiger partial charge in [0.05, 0.1) is 5.60 Å². The molecule has 112 valence electrons. The summed E-state index contributed by atoms with van der Waals surface area (Å²) >= 11 is 0. The van der Waals surface area contributed by atoms with Crippen molar-refractivity contribution in [1.29, 1.82) is 0 Å². The lowest BCUT2D eigenvalue weighted by Crippen LogP contribution is -2.42. The van der Waals surface area contributed by atoms with Crippen LogP contribution in [0.1, 0.15) is 46.1 Å². The number of aromatic nitrogens is 1. The molecule has 1 aliphatic rings. The Kier molecular flexibility index (Phi) is 4.35. The average Bonchev–Trinajstić information content (AvgIpc) is 2.36. The molecule has 1 aliphatic heterocycles. The molecule has 0 aliphatic carbocycles. The Morgan fingerprint density at radius 2 is 1.95 bits per heavy atom. The van der Waals surface area contributed by atoms with E-state index < -0.39 is 5.60 Å². The van der Waals surface area contributed by atoms with Gasteiger partial charge in [0, 0.05) is 31.4 Å². The Bertz CT molecular complexity index is 424. The zero-order valence-electron chi connectivity index (χ0n) is 13.1. The van der Waals surface area contributed by atoms with E-state index in [1.54, 1.807) is 0 Å². The summed E-state index contributed by atoms with van der Waals surface area (Å²) in [5, 5.41) is 13.4. The number of hydrogen-bond donors (Lipinski definition) is 2. The second-order valence-corrected chi connectivity index (χ2v) is 7.11. The van der Waals surface area contributed by atoms with E-state index in [4.69, 9.17) is 0 Å². The zero-order valence-corrected chi connectivity index (χ0v) is 13.1. The Labute approximate surface area is 122 Å². The largest absolute Gasteiger partial charge is 0.390 e. The number of pyridine rings is 1. The minimum Gasteiger partial charge on any atom is -0.390 e. The maximum atomic E-state index is 9.97.